The zero-order chi connectivity index (χ0) is 21.6. The third-order valence-electron chi connectivity index (χ3n) is 7.44. The predicted octanol–water partition coefficient (Wildman–Crippen LogP) is 2.97. The van der Waals surface area contributed by atoms with Crippen molar-refractivity contribution in [2.24, 2.45) is 5.92 Å². The van der Waals surface area contributed by atoms with Crippen LogP contribution in [0.3, 0.4) is 0 Å². The molecule has 1 aromatic heterocycles. The largest absolute Gasteiger partial charge is 0.381 e. The molecular weight excluding hydrogens is 397 g/mol. The molecule has 5 rings (SSSR count). The lowest BCUT2D eigenvalue weighted by Gasteiger charge is -2.48. The Kier molecular flexibility index (Phi) is 5.01. The number of anilines is 1. The molecule has 0 radical (unpaired) electrons. The Morgan fingerprint density at radius 1 is 1.23 bits per heavy atom. The second kappa shape index (κ2) is 7.60. The van der Waals surface area contributed by atoms with E-state index in [-0.39, 0.29) is 22.9 Å². The number of halogens is 1. The second-order valence-electron chi connectivity index (χ2n) is 9.51. The van der Waals surface area contributed by atoms with Gasteiger partial charge in [-0.25, -0.2) is 13.9 Å². The first-order valence-corrected chi connectivity index (χ1v) is 11.0. The monoisotopic (exact) mass is 427 g/mol. The van der Waals surface area contributed by atoms with Gasteiger partial charge in [0.05, 0.1) is 38.0 Å². The lowest BCUT2D eigenvalue weighted by molar-refractivity contribution is -0.0406. The number of rotatable bonds is 5. The van der Waals surface area contributed by atoms with Crippen molar-refractivity contribution >= 4 is 11.8 Å². The number of ether oxygens (including phenoxy) is 1. The molecule has 3 aliphatic rings. The molecule has 1 saturated carbocycles. The van der Waals surface area contributed by atoms with E-state index < -0.39 is 0 Å². The average molecular weight is 428 g/mol. The highest BCUT2D eigenvalue weighted by molar-refractivity contribution is 5.94. The van der Waals surface area contributed by atoms with Crippen molar-refractivity contribution in [1.29, 1.82) is 0 Å². The van der Waals surface area contributed by atoms with Crippen LogP contribution in [0.2, 0.25) is 0 Å². The maximum absolute atomic E-state index is 14.0. The van der Waals surface area contributed by atoms with E-state index in [1.54, 1.807) is 18.3 Å². The summed E-state index contributed by atoms with van der Waals surface area (Å²) in [5, 5.41) is 7.73. The van der Waals surface area contributed by atoms with Gasteiger partial charge in [-0.2, -0.15) is 5.10 Å². The van der Waals surface area contributed by atoms with Crippen LogP contribution in [0.15, 0.2) is 36.5 Å². The topological polar surface area (TPSA) is 62.6 Å². The van der Waals surface area contributed by atoms with Gasteiger partial charge in [-0.1, -0.05) is 12.1 Å². The van der Waals surface area contributed by atoms with Crippen LogP contribution < -0.4 is 10.2 Å². The van der Waals surface area contributed by atoms with Gasteiger partial charge in [-0.15, -0.1) is 0 Å². The van der Waals surface area contributed by atoms with Crippen LogP contribution >= 0.6 is 0 Å². The standard InChI is InChI=1S/C23H30FN5O2/c1-27(2)23(18-4-3-5-19(24)12-18)9-7-22(8-10-23)16-28(21(30)26-22)20-6-11-25-29(20)13-17-14-31-15-17/h3-6,11-12,17H,7-10,13-16H2,1-2H3,(H,26,30). The second-order valence-corrected chi connectivity index (χ2v) is 9.51. The fraction of sp³-hybridized carbons (Fsp3) is 0.565. The zero-order valence-electron chi connectivity index (χ0n) is 18.2. The van der Waals surface area contributed by atoms with Gasteiger partial charge in [-0.05, 0) is 57.5 Å². The van der Waals surface area contributed by atoms with E-state index in [9.17, 15) is 9.18 Å². The van der Waals surface area contributed by atoms with Gasteiger partial charge in [0.1, 0.15) is 11.6 Å². The number of carbonyl (C=O) groups excluding carboxylic acids is 1. The molecule has 7 nitrogen and oxygen atoms in total. The van der Waals surface area contributed by atoms with Crippen LogP contribution in [0.5, 0.6) is 0 Å². The molecule has 31 heavy (non-hydrogen) atoms. The predicted molar refractivity (Wildman–Crippen MR) is 115 cm³/mol. The first-order chi connectivity index (χ1) is 14.9. The molecule has 3 heterocycles. The molecule has 2 amide bonds. The third-order valence-corrected chi connectivity index (χ3v) is 7.44. The Morgan fingerprint density at radius 2 is 2.00 bits per heavy atom. The van der Waals surface area contributed by atoms with Gasteiger partial charge < -0.3 is 10.1 Å². The fourth-order valence-corrected chi connectivity index (χ4v) is 5.42. The number of benzene rings is 1. The Hall–Kier alpha value is -2.45. The van der Waals surface area contributed by atoms with Crippen LogP contribution in [0.25, 0.3) is 0 Å². The number of amides is 2. The molecule has 2 aliphatic heterocycles. The highest BCUT2D eigenvalue weighted by Crippen LogP contribution is 2.46. The summed E-state index contributed by atoms with van der Waals surface area (Å²) in [4.78, 5) is 17.0. The fourth-order valence-electron chi connectivity index (χ4n) is 5.42. The van der Waals surface area contributed by atoms with E-state index in [1.807, 2.05) is 21.7 Å². The summed E-state index contributed by atoms with van der Waals surface area (Å²) in [5.41, 5.74) is 0.519. The lowest BCUT2D eigenvalue weighted by Crippen LogP contribution is -2.54. The van der Waals surface area contributed by atoms with Crippen molar-refractivity contribution in [2.75, 3.05) is 38.8 Å². The van der Waals surface area contributed by atoms with Gasteiger partial charge in [0.25, 0.3) is 0 Å². The number of nitrogens with one attached hydrogen (secondary N) is 1. The van der Waals surface area contributed by atoms with E-state index in [2.05, 4.69) is 29.4 Å². The van der Waals surface area contributed by atoms with Gasteiger partial charge in [0, 0.05) is 17.5 Å². The highest BCUT2D eigenvalue weighted by Gasteiger charge is 2.50. The number of hydrogen-bond donors (Lipinski definition) is 1. The summed E-state index contributed by atoms with van der Waals surface area (Å²) < 4.78 is 21.2. The van der Waals surface area contributed by atoms with Crippen LogP contribution in [0.4, 0.5) is 15.0 Å². The third kappa shape index (κ3) is 3.51. The molecule has 2 aromatic rings. The van der Waals surface area contributed by atoms with E-state index in [0.717, 1.165) is 56.8 Å². The molecule has 0 atom stereocenters. The quantitative estimate of drug-likeness (QED) is 0.797. The van der Waals surface area contributed by atoms with E-state index in [0.29, 0.717) is 12.5 Å². The summed E-state index contributed by atoms with van der Waals surface area (Å²) in [7, 11) is 4.12. The molecule has 3 fully saturated rings. The highest BCUT2D eigenvalue weighted by atomic mass is 19.1. The van der Waals surface area contributed by atoms with E-state index >= 15 is 0 Å². The van der Waals surface area contributed by atoms with Gasteiger partial charge in [0.2, 0.25) is 0 Å². The number of hydrogen-bond acceptors (Lipinski definition) is 4. The van der Waals surface area contributed by atoms with E-state index in [4.69, 9.17) is 4.74 Å². The molecule has 1 aromatic carbocycles. The van der Waals surface area contributed by atoms with E-state index in [1.165, 1.54) is 6.07 Å². The van der Waals surface area contributed by atoms with Gasteiger partial charge in [0.15, 0.2) is 0 Å². The number of nitrogens with zero attached hydrogens (tertiary/aromatic N) is 4. The maximum atomic E-state index is 14.0. The molecule has 1 aliphatic carbocycles. The number of urea groups is 1. The SMILES string of the molecule is CN(C)C1(c2cccc(F)c2)CCC2(CC1)CN(c1ccnn1CC1COC1)C(=O)N2. The summed E-state index contributed by atoms with van der Waals surface area (Å²) in [6.45, 7) is 2.90. The maximum Gasteiger partial charge on any atom is 0.323 e. The lowest BCUT2D eigenvalue weighted by atomic mass is 9.69. The van der Waals surface area contributed by atoms with Crippen molar-refractivity contribution in [3.8, 4) is 0 Å². The Balaban J connectivity index is 1.34. The number of carbonyl (C=O) groups is 1. The smallest absolute Gasteiger partial charge is 0.323 e. The average Bonchev–Trinajstić information content (AvgIpc) is 3.29. The molecule has 1 N–H and O–H groups in total. The molecular formula is C23H30FN5O2. The minimum atomic E-state index is -0.265. The summed E-state index contributed by atoms with van der Waals surface area (Å²) >= 11 is 0. The summed E-state index contributed by atoms with van der Waals surface area (Å²) in [6, 6.07) is 8.80. The molecule has 8 heteroatoms. The zero-order valence-corrected chi connectivity index (χ0v) is 18.2. The molecule has 166 valence electrons. The minimum absolute atomic E-state index is 0.0604. The molecule has 0 bridgehead atoms. The van der Waals surface area contributed by atoms with Crippen LogP contribution in [-0.2, 0) is 16.8 Å². The Bertz CT molecular complexity index is 962. The van der Waals surface area contributed by atoms with Crippen LogP contribution in [0.1, 0.15) is 31.2 Å². The van der Waals surface area contributed by atoms with Crippen LogP contribution in [-0.4, -0.2) is 60.1 Å². The normalized spacial score (nSPS) is 28.9. The summed E-state index contributed by atoms with van der Waals surface area (Å²) in [6.07, 6.45) is 5.16. The molecule has 0 unspecified atom stereocenters. The van der Waals surface area contributed by atoms with Crippen molar-refractivity contribution in [3.63, 3.8) is 0 Å². The van der Waals surface area contributed by atoms with Gasteiger partial charge in [-0.3, -0.25) is 9.80 Å². The van der Waals surface area contributed by atoms with Crippen molar-refractivity contribution in [2.45, 2.75) is 43.3 Å². The van der Waals surface area contributed by atoms with Crippen LogP contribution in [0, 0.1) is 11.7 Å². The minimum Gasteiger partial charge on any atom is -0.381 e. The Labute approximate surface area is 182 Å². The first kappa shape index (κ1) is 20.5. The first-order valence-electron chi connectivity index (χ1n) is 11.0. The molecule has 2 saturated heterocycles. The van der Waals surface area contributed by atoms with Crippen molar-refractivity contribution in [3.05, 3.63) is 47.9 Å². The van der Waals surface area contributed by atoms with Crippen molar-refractivity contribution < 1.29 is 13.9 Å². The van der Waals surface area contributed by atoms with Gasteiger partial charge >= 0.3 is 6.03 Å². The number of aromatic nitrogens is 2. The summed E-state index contributed by atoms with van der Waals surface area (Å²) in [5.74, 6) is 1.10. The Morgan fingerprint density at radius 3 is 2.65 bits per heavy atom. The molecule has 1 spiro atoms. The van der Waals surface area contributed by atoms with Crippen molar-refractivity contribution in [1.82, 2.24) is 20.0 Å².